The van der Waals surface area contributed by atoms with Crippen molar-refractivity contribution in [2.45, 2.75) is 11.3 Å². The van der Waals surface area contributed by atoms with Crippen molar-refractivity contribution < 1.29 is 4.79 Å². The van der Waals surface area contributed by atoms with E-state index in [1.807, 2.05) is 30.5 Å². The summed E-state index contributed by atoms with van der Waals surface area (Å²) in [6.45, 7) is 1.89. The summed E-state index contributed by atoms with van der Waals surface area (Å²) in [5.41, 5.74) is 8.12. The van der Waals surface area contributed by atoms with Crippen LogP contribution in [0.25, 0.3) is 0 Å². The fourth-order valence-corrected chi connectivity index (χ4v) is 2.82. The second kappa shape index (κ2) is 5.88. The molecule has 1 heterocycles. The van der Waals surface area contributed by atoms with Gasteiger partial charge in [0.15, 0.2) is 0 Å². The minimum atomic E-state index is -0.0519. The van der Waals surface area contributed by atoms with Gasteiger partial charge in [-0.25, -0.2) is 4.98 Å². The molecule has 0 aliphatic rings. The standard InChI is InChI=1S/C12H13N3OS2/c1-8-9(13)3-2-4-10(8)15-11(16)7-18-12-14-5-6-17-12/h2-6H,7,13H2,1H3,(H,15,16). The van der Waals surface area contributed by atoms with Crippen LogP contribution >= 0.6 is 23.1 Å². The first-order valence-corrected chi connectivity index (χ1v) is 7.20. The minimum absolute atomic E-state index is 0.0519. The monoisotopic (exact) mass is 279 g/mol. The van der Waals surface area contributed by atoms with Gasteiger partial charge in [-0.3, -0.25) is 4.79 Å². The Labute approximate surface area is 114 Å². The molecule has 0 unspecified atom stereocenters. The Balaban J connectivity index is 1.93. The van der Waals surface area contributed by atoms with E-state index in [4.69, 9.17) is 5.73 Å². The van der Waals surface area contributed by atoms with Gasteiger partial charge in [0.25, 0.3) is 0 Å². The lowest BCUT2D eigenvalue weighted by Crippen LogP contribution is -2.15. The largest absolute Gasteiger partial charge is 0.398 e. The maximum atomic E-state index is 11.8. The van der Waals surface area contributed by atoms with Gasteiger partial charge in [-0.1, -0.05) is 17.8 Å². The van der Waals surface area contributed by atoms with Gasteiger partial charge in [0, 0.05) is 23.0 Å². The van der Waals surface area contributed by atoms with Gasteiger partial charge < -0.3 is 11.1 Å². The number of benzene rings is 1. The third kappa shape index (κ3) is 3.24. The zero-order chi connectivity index (χ0) is 13.0. The van der Waals surface area contributed by atoms with Crippen LogP contribution < -0.4 is 11.1 Å². The molecular formula is C12H13N3OS2. The molecule has 94 valence electrons. The number of nitrogen functional groups attached to an aromatic ring is 1. The average molecular weight is 279 g/mol. The highest BCUT2D eigenvalue weighted by Gasteiger charge is 2.07. The summed E-state index contributed by atoms with van der Waals surface area (Å²) in [6, 6.07) is 5.48. The van der Waals surface area contributed by atoms with Crippen molar-refractivity contribution in [2.75, 3.05) is 16.8 Å². The first kappa shape index (κ1) is 12.9. The van der Waals surface area contributed by atoms with Crippen LogP contribution in [-0.2, 0) is 4.79 Å². The quantitative estimate of drug-likeness (QED) is 0.667. The number of hydrogen-bond donors (Lipinski definition) is 2. The van der Waals surface area contributed by atoms with Crippen LogP contribution in [0.2, 0.25) is 0 Å². The van der Waals surface area contributed by atoms with Crippen molar-refractivity contribution in [1.29, 1.82) is 0 Å². The molecule has 2 rings (SSSR count). The Morgan fingerprint density at radius 2 is 2.39 bits per heavy atom. The van der Waals surface area contributed by atoms with E-state index in [0.717, 1.165) is 15.6 Å². The number of thioether (sulfide) groups is 1. The van der Waals surface area contributed by atoms with Gasteiger partial charge in [0.2, 0.25) is 5.91 Å². The minimum Gasteiger partial charge on any atom is -0.398 e. The molecule has 0 aliphatic heterocycles. The molecular weight excluding hydrogens is 266 g/mol. The highest BCUT2D eigenvalue weighted by atomic mass is 32.2. The van der Waals surface area contributed by atoms with Crippen molar-refractivity contribution in [2.24, 2.45) is 0 Å². The van der Waals surface area contributed by atoms with E-state index >= 15 is 0 Å². The van der Waals surface area contributed by atoms with E-state index < -0.39 is 0 Å². The predicted molar refractivity (Wildman–Crippen MR) is 77.1 cm³/mol. The summed E-state index contributed by atoms with van der Waals surface area (Å²) >= 11 is 2.96. The van der Waals surface area contributed by atoms with Gasteiger partial charge in [0.1, 0.15) is 4.34 Å². The fourth-order valence-electron chi connectivity index (χ4n) is 1.38. The molecule has 0 saturated heterocycles. The van der Waals surface area contributed by atoms with E-state index in [1.165, 1.54) is 23.1 Å². The van der Waals surface area contributed by atoms with Crippen LogP contribution in [0, 0.1) is 6.92 Å². The van der Waals surface area contributed by atoms with E-state index in [-0.39, 0.29) is 5.91 Å². The second-order valence-corrected chi connectivity index (χ2v) is 5.77. The van der Waals surface area contributed by atoms with E-state index in [9.17, 15) is 4.79 Å². The summed E-state index contributed by atoms with van der Waals surface area (Å²) in [7, 11) is 0. The normalized spacial score (nSPS) is 10.3. The molecule has 0 aliphatic carbocycles. The molecule has 0 atom stereocenters. The molecule has 3 N–H and O–H groups in total. The van der Waals surface area contributed by atoms with Crippen molar-refractivity contribution in [3.8, 4) is 0 Å². The molecule has 0 radical (unpaired) electrons. The summed E-state index contributed by atoms with van der Waals surface area (Å²) in [4.78, 5) is 15.9. The maximum Gasteiger partial charge on any atom is 0.234 e. The van der Waals surface area contributed by atoms with Crippen LogP contribution in [0.3, 0.4) is 0 Å². The molecule has 6 heteroatoms. The highest BCUT2D eigenvalue weighted by Crippen LogP contribution is 2.22. The molecule has 1 aromatic heterocycles. The number of thiazole rings is 1. The molecule has 1 aromatic carbocycles. The van der Waals surface area contributed by atoms with Gasteiger partial charge in [0.05, 0.1) is 5.75 Å². The highest BCUT2D eigenvalue weighted by molar-refractivity contribution is 8.01. The fraction of sp³-hybridized carbons (Fsp3) is 0.167. The third-order valence-electron chi connectivity index (χ3n) is 2.39. The summed E-state index contributed by atoms with van der Waals surface area (Å²) in [5.74, 6) is 0.297. The van der Waals surface area contributed by atoms with Gasteiger partial charge in [-0.2, -0.15) is 0 Å². The Morgan fingerprint density at radius 3 is 3.11 bits per heavy atom. The third-order valence-corrected chi connectivity index (χ3v) is 4.35. The van der Waals surface area contributed by atoms with Crippen LogP contribution in [0.5, 0.6) is 0 Å². The van der Waals surface area contributed by atoms with Crippen molar-refractivity contribution in [3.63, 3.8) is 0 Å². The van der Waals surface area contributed by atoms with E-state index in [0.29, 0.717) is 11.4 Å². The predicted octanol–water partition coefficient (Wildman–Crippen LogP) is 2.76. The number of nitrogens with two attached hydrogens (primary N) is 1. The first-order valence-electron chi connectivity index (χ1n) is 5.34. The van der Waals surface area contributed by atoms with Gasteiger partial charge in [-0.05, 0) is 24.6 Å². The van der Waals surface area contributed by atoms with Crippen LogP contribution in [0.1, 0.15) is 5.56 Å². The smallest absolute Gasteiger partial charge is 0.234 e. The molecule has 2 aromatic rings. The Morgan fingerprint density at radius 1 is 1.56 bits per heavy atom. The second-order valence-electron chi connectivity index (χ2n) is 3.65. The van der Waals surface area contributed by atoms with Gasteiger partial charge >= 0.3 is 0 Å². The maximum absolute atomic E-state index is 11.8. The lowest BCUT2D eigenvalue weighted by Gasteiger charge is -2.09. The first-order chi connectivity index (χ1) is 8.66. The number of hydrogen-bond acceptors (Lipinski definition) is 5. The van der Waals surface area contributed by atoms with Crippen LogP contribution in [0.15, 0.2) is 34.1 Å². The zero-order valence-corrected chi connectivity index (χ0v) is 11.5. The molecule has 4 nitrogen and oxygen atoms in total. The molecule has 0 fully saturated rings. The molecule has 0 bridgehead atoms. The topological polar surface area (TPSA) is 68.0 Å². The Kier molecular flexibility index (Phi) is 4.22. The average Bonchev–Trinajstić information content (AvgIpc) is 2.86. The zero-order valence-electron chi connectivity index (χ0n) is 9.84. The Bertz CT molecular complexity index is 540. The summed E-state index contributed by atoms with van der Waals surface area (Å²) in [5, 5.41) is 4.74. The Hall–Kier alpha value is -1.53. The number of carbonyl (C=O) groups excluding carboxylic acids is 1. The lowest BCUT2D eigenvalue weighted by atomic mass is 10.1. The van der Waals surface area contributed by atoms with Crippen LogP contribution in [0.4, 0.5) is 11.4 Å². The van der Waals surface area contributed by atoms with Crippen LogP contribution in [-0.4, -0.2) is 16.6 Å². The molecule has 18 heavy (non-hydrogen) atoms. The number of amides is 1. The van der Waals surface area contributed by atoms with Crippen molar-refractivity contribution in [3.05, 3.63) is 35.3 Å². The lowest BCUT2D eigenvalue weighted by molar-refractivity contribution is -0.113. The summed E-state index contributed by atoms with van der Waals surface area (Å²) in [6.07, 6.45) is 1.73. The van der Waals surface area contributed by atoms with E-state index in [2.05, 4.69) is 10.3 Å². The van der Waals surface area contributed by atoms with E-state index in [1.54, 1.807) is 6.20 Å². The number of aromatic nitrogens is 1. The van der Waals surface area contributed by atoms with Crippen molar-refractivity contribution >= 4 is 40.4 Å². The number of rotatable bonds is 4. The van der Waals surface area contributed by atoms with Crippen molar-refractivity contribution in [1.82, 2.24) is 4.98 Å². The molecule has 0 spiro atoms. The van der Waals surface area contributed by atoms with Gasteiger partial charge in [-0.15, -0.1) is 11.3 Å². The molecule has 1 amide bonds. The summed E-state index contributed by atoms with van der Waals surface area (Å²) < 4.78 is 0.898. The number of carbonyl (C=O) groups is 1. The number of anilines is 2. The number of nitrogens with zero attached hydrogens (tertiary/aromatic N) is 1. The number of nitrogens with one attached hydrogen (secondary N) is 1. The SMILES string of the molecule is Cc1c(N)cccc1NC(=O)CSc1nccs1. The molecule has 0 saturated carbocycles.